The molecule has 0 saturated carbocycles. The Hall–Kier alpha value is -1.48. The highest BCUT2D eigenvalue weighted by atomic mass is 32.1. The van der Waals surface area contributed by atoms with Crippen molar-refractivity contribution in [1.82, 2.24) is 4.98 Å². The van der Waals surface area contributed by atoms with Gasteiger partial charge in [-0.05, 0) is 6.92 Å². The van der Waals surface area contributed by atoms with Gasteiger partial charge in [0.1, 0.15) is 0 Å². The fourth-order valence-electron chi connectivity index (χ4n) is 1.74. The molecule has 88 valence electrons. The number of aromatic nitrogens is 1. The Kier molecular flexibility index (Phi) is 3.69. The minimum absolute atomic E-state index is 0.0112. The molecule has 0 aliphatic rings. The van der Waals surface area contributed by atoms with Crippen LogP contribution in [0.5, 0.6) is 0 Å². The smallest absolute Gasteiger partial charge is 0.166 e. The van der Waals surface area contributed by atoms with Crippen molar-refractivity contribution in [3.8, 4) is 0 Å². The summed E-state index contributed by atoms with van der Waals surface area (Å²) in [5.74, 6) is 0.182. The van der Waals surface area contributed by atoms with Gasteiger partial charge in [0.2, 0.25) is 0 Å². The number of hydrogen-bond donors (Lipinski definition) is 0. The molecule has 2 aromatic rings. The predicted octanol–water partition coefficient (Wildman–Crippen LogP) is 3.51. The molecule has 0 radical (unpaired) electrons. The van der Waals surface area contributed by atoms with Gasteiger partial charge in [0, 0.05) is 29.0 Å². The maximum Gasteiger partial charge on any atom is 0.166 e. The lowest BCUT2D eigenvalue weighted by atomic mass is 9.97. The Bertz CT molecular complexity index is 504. The lowest BCUT2D eigenvalue weighted by Crippen LogP contribution is -2.13. The summed E-state index contributed by atoms with van der Waals surface area (Å²) in [4.78, 5) is 16.5. The number of carbonyl (C=O) groups is 1. The van der Waals surface area contributed by atoms with Gasteiger partial charge in [0.25, 0.3) is 0 Å². The minimum Gasteiger partial charge on any atom is -0.294 e. The predicted molar refractivity (Wildman–Crippen MR) is 70.5 cm³/mol. The summed E-state index contributed by atoms with van der Waals surface area (Å²) >= 11 is 1.63. The number of carbonyl (C=O) groups excluding carboxylic acids is 1. The first kappa shape index (κ1) is 12.0. The number of benzene rings is 1. The molecule has 0 aliphatic carbocycles. The molecule has 0 bridgehead atoms. The van der Waals surface area contributed by atoms with Crippen LogP contribution in [0.3, 0.4) is 0 Å². The molecule has 0 amide bonds. The van der Waals surface area contributed by atoms with Crippen LogP contribution in [0, 0.1) is 12.8 Å². The van der Waals surface area contributed by atoms with Crippen LogP contribution >= 0.6 is 11.3 Å². The number of thiazole rings is 1. The molecule has 1 heterocycles. The van der Waals surface area contributed by atoms with Crippen LogP contribution in [0.15, 0.2) is 35.7 Å². The first-order chi connectivity index (χ1) is 8.16. The van der Waals surface area contributed by atoms with E-state index in [9.17, 15) is 4.79 Å². The van der Waals surface area contributed by atoms with Gasteiger partial charge in [-0.25, -0.2) is 4.98 Å². The van der Waals surface area contributed by atoms with E-state index in [4.69, 9.17) is 0 Å². The van der Waals surface area contributed by atoms with E-state index in [-0.39, 0.29) is 11.7 Å². The lowest BCUT2D eigenvalue weighted by Gasteiger charge is -2.08. The first-order valence-corrected chi connectivity index (χ1v) is 6.55. The molecule has 3 heteroatoms. The zero-order chi connectivity index (χ0) is 12.3. The molecule has 0 aliphatic heterocycles. The maximum absolute atomic E-state index is 12.1. The van der Waals surface area contributed by atoms with E-state index in [1.165, 1.54) is 0 Å². The fourth-order valence-corrected chi connectivity index (χ4v) is 2.64. The molecule has 0 fully saturated rings. The van der Waals surface area contributed by atoms with Crippen molar-refractivity contribution >= 4 is 17.1 Å². The van der Waals surface area contributed by atoms with Crippen molar-refractivity contribution in [3.63, 3.8) is 0 Å². The van der Waals surface area contributed by atoms with Gasteiger partial charge in [-0.1, -0.05) is 37.3 Å². The summed E-state index contributed by atoms with van der Waals surface area (Å²) in [5, 5.41) is 3.06. The Morgan fingerprint density at radius 3 is 2.65 bits per heavy atom. The highest BCUT2D eigenvalue weighted by molar-refractivity contribution is 7.09. The molecule has 1 atom stereocenters. The standard InChI is InChI=1S/C14H15NOS/c1-10(8-13-15-11(2)9-17-13)14(16)12-6-4-3-5-7-12/h3-7,9-10H,8H2,1-2H3. The molecule has 2 nitrogen and oxygen atoms in total. The van der Waals surface area contributed by atoms with E-state index in [0.717, 1.165) is 22.7 Å². The second-order valence-electron chi connectivity index (χ2n) is 4.22. The minimum atomic E-state index is -0.0112. The van der Waals surface area contributed by atoms with Gasteiger partial charge in [-0.2, -0.15) is 0 Å². The van der Waals surface area contributed by atoms with Crippen LogP contribution in [0.4, 0.5) is 0 Å². The number of Topliss-reactive ketones (excluding diaryl/α,β-unsaturated/α-hetero) is 1. The van der Waals surface area contributed by atoms with Crippen molar-refractivity contribution in [1.29, 1.82) is 0 Å². The normalized spacial score (nSPS) is 12.4. The van der Waals surface area contributed by atoms with E-state index < -0.39 is 0 Å². The zero-order valence-electron chi connectivity index (χ0n) is 10.0. The Labute approximate surface area is 105 Å². The summed E-state index contributed by atoms with van der Waals surface area (Å²) < 4.78 is 0. The molecule has 17 heavy (non-hydrogen) atoms. The van der Waals surface area contributed by atoms with Crippen LogP contribution < -0.4 is 0 Å². The van der Waals surface area contributed by atoms with Crippen LogP contribution in [0.2, 0.25) is 0 Å². The summed E-state index contributed by atoms with van der Waals surface area (Å²) in [6.07, 6.45) is 0.728. The van der Waals surface area contributed by atoms with Crippen molar-refractivity contribution in [3.05, 3.63) is 52.0 Å². The van der Waals surface area contributed by atoms with Crippen LogP contribution in [0.25, 0.3) is 0 Å². The Balaban J connectivity index is 2.06. The number of hydrogen-bond acceptors (Lipinski definition) is 3. The van der Waals surface area contributed by atoms with Gasteiger partial charge in [-0.15, -0.1) is 11.3 Å². The van der Waals surface area contributed by atoms with E-state index in [0.29, 0.717) is 0 Å². The monoisotopic (exact) mass is 245 g/mol. The van der Waals surface area contributed by atoms with Crippen molar-refractivity contribution in [2.75, 3.05) is 0 Å². The number of ketones is 1. The molecule has 1 aromatic heterocycles. The summed E-state index contributed by atoms with van der Waals surface area (Å²) in [6, 6.07) is 9.45. The lowest BCUT2D eigenvalue weighted by molar-refractivity contribution is 0.0929. The van der Waals surface area contributed by atoms with Gasteiger partial charge in [0.15, 0.2) is 5.78 Å². The molecule has 1 unspecified atom stereocenters. The van der Waals surface area contributed by atoms with Crippen molar-refractivity contribution in [2.45, 2.75) is 20.3 Å². The van der Waals surface area contributed by atoms with Gasteiger partial charge in [0.05, 0.1) is 5.01 Å². The molecular weight excluding hydrogens is 230 g/mol. The average Bonchev–Trinajstić information content (AvgIpc) is 2.75. The third kappa shape index (κ3) is 3.01. The highest BCUT2D eigenvalue weighted by Crippen LogP contribution is 2.17. The summed E-state index contributed by atoms with van der Waals surface area (Å²) in [5.41, 5.74) is 1.82. The molecule has 0 N–H and O–H groups in total. The summed E-state index contributed by atoms with van der Waals surface area (Å²) in [6.45, 7) is 3.94. The molecule has 0 saturated heterocycles. The largest absolute Gasteiger partial charge is 0.294 e. The van der Waals surface area contributed by atoms with Crippen molar-refractivity contribution in [2.24, 2.45) is 5.92 Å². The number of aryl methyl sites for hydroxylation is 1. The fraction of sp³-hybridized carbons (Fsp3) is 0.286. The maximum atomic E-state index is 12.1. The highest BCUT2D eigenvalue weighted by Gasteiger charge is 2.16. The molecule has 0 spiro atoms. The van der Waals surface area contributed by atoms with Crippen molar-refractivity contribution < 1.29 is 4.79 Å². The van der Waals surface area contributed by atoms with Gasteiger partial charge < -0.3 is 0 Å². The zero-order valence-corrected chi connectivity index (χ0v) is 10.8. The second-order valence-corrected chi connectivity index (χ2v) is 5.16. The second kappa shape index (κ2) is 5.23. The third-order valence-corrected chi connectivity index (χ3v) is 3.64. The molecular formula is C14H15NOS. The molecule has 1 aromatic carbocycles. The van der Waals surface area contributed by atoms with Gasteiger partial charge >= 0.3 is 0 Å². The van der Waals surface area contributed by atoms with E-state index in [1.54, 1.807) is 11.3 Å². The van der Waals surface area contributed by atoms with Crippen LogP contribution in [0.1, 0.15) is 28.0 Å². The van der Waals surface area contributed by atoms with Gasteiger partial charge in [-0.3, -0.25) is 4.79 Å². The quantitative estimate of drug-likeness (QED) is 0.771. The Morgan fingerprint density at radius 2 is 2.06 bits per heavy atom. The summed E-state index contributed by atoms with van der Waals surface area (Å²) in [7, 11) is 0. The Morgan fingerprint density at radius 1 is 1.35 bits per heavy atom. The number of nitrogens with zero attached hydrogens (tertiary/aromatic N) is 1. The van der Waals surface area contributed by atoms with Crippen LogP contribution in [-0.2, 0) is 6.42 Å². The van der Waals surface area contributed by atoms with Crippen LogP contribution in [-0.4, -0.2) is 10.8 Å². The number of rotatable bonds is 4. The first-order valence-electron chi connectivity index (χ1n) is 5.67. The van der Waals surface area contributed by atoms with E-state index in [2.05, 4.69) is 4.98 Å². The molecule has 2 rings (SSSR count). The third-order valence-electron chi connectivity index (χ3n) is 2.65. The average molecular weight is 245 g/mol. The SMILES string of the molecule is Cc1csc(CC(C)C(=O)c2ccccc2)n1. The van der Waals surface area contributed by atoms with E-state index in [1.807, 2.05) is 49.6 Å². The van der Waals surface area contributed by atoms with E-state index >= 15 is 0 Å². The topological polar surface area (TPSA) is 30.0 Å².